The molecule has 0 aliphatic carbocycles. The Morgan fingerprint density at radius 2 is 1.95 bits per heavy atom. The van der Waals surface area contributed by atoms with E-state index in [1.165, 1.54) is 12.5 Å². The Balaban J connectivity index is 2.30. The average Bonchev–Trinajstić information content (AvgIpc) is 2.94. The van der Waals surface area contributed by atoms with Crippen molar-refractivity contribution in [3.63, 3.8) is 0 Å². The molecular weight excluding hydrogens is 302 g/mol. The third kappa shape index (κ3) is 3.66. The zero-order chi connectivity index (χ0) is 15.5. The summed E-state index contributed by atoms with van der Waals surface area (Å²) >= 11 is 0. The number of rotatable bonds is 6. The Kier molecular flexibility index (Phi) is 4.71. The van der Waals surface area contributed by atoms with Gasteiger partial charge >= 0.3 is 0 Å². The number of benzene rings is 1. The number of nitrogens with one attached hydrogen (secondary N) is 2. The molecule has 0 amide bonds. The Bertz CT molecular complexity index is 715. The quantitative estimate of drug-likeness (QED) is 0.852. The molecule has 2 aromatic rings. The van der Waals surface area contributed by atoms with Crippen molar-refractivity contribution in [3.05, 3.63) is 53.5 Å². The molecule has 1 heterocycles. The van der Waals surface area contributed by atoms with Crippen LogP contribution in [-0.2, 0) is 23.1 Å². The molecule has 0 aliphatic rings. The highest BCUT2D eigenvalue weighted by molar-refractivity contribution is 7.89. The van der Waals surface area contributed by atoms with Gasteiger partial charge < -0.3 is 9.73 Å². The molecule has 21 heavy (non-hydrogen) atoms. The first-order chi connectivity index (χ1) is 9.94. The minimum Gasteiger partial charge on any atom is -0.472 e. The van der Waals surface area contributed by atoms with E-state index in [2.05, 4.69) is 10.0 Å². The van der Waals surface area contributed by atoms with E-state index >= 15 is 0 Å². The van der Waals surface area contributed by atoms with Crippen molar-refractivity contribution in [1.82, 2.24) is 10.0 Å². The molecule has 0 unspecified atom stereocenters. The molecule has 0 atom stereocenters. The monoisotopic (exact) mass is 316 g/mol. The fourth-order valence-electron chi connectivity index (χ4n) is 1.77. The first kappa shape index (κ1) is 15.6. The molecule has 5 nitrogen and oxygen atoms in total. The highest BCUT2D eigenvalue weighted by atomic mass is 32.2. The summed E-state index contributed by atoms with van der Waals surface area (Å²) in [6.07, 6.45) is 2.74. The molecular formula is C13H14F2N2O3S. The highest BCUT2D eigenvalue weighted by Gasteiger charge is 2.22. The Morgan fingerprint density at radius 1 is 1.19 bits per heavy atom. The summed E-state index contributed by atoms with van der Waals surface area (Å²) in [5, 5.41) is 2.75. The van der Waals surface area contributed by atoms with E-state index < -0.39 is 26.6 Å². The molecule has 1 aromatic carbocycles. The number of furan rings is 1. The lowest BCUT2D eigenvalue weighted by molar-refractivity contribution is 0.480. The first-order valence-electron chi connectivity index (χ1n) is 6.07. The molecule has 1 aromatic heterocycles. The van der Waals surface area contributed by atoms with Gasteiger partial charge in [0.25, 0.3) is 0 Å². The van der Waals surface area contributed by atoms with Crippen LogP contribution in [0, 0.1) is 11.6 Å². The van der Waals surface area contributed by atoms with Crippen LogP contribution in [0.2, 0.25) is 0 Å². The number of hydrogen-bond donors (Lipinski definition) is 2. The maximum absolute atomic E-state index is 13.8. The second-order valence-corrected chi connectivity index (χ2v) is 6.11. The second-order valence-electron chi connectivity index (χ2n) is 4.38. The van der Waals surface area contributed by atoms with Crippen LogP contribution in [0.15, 0.2) is 40.0 Å². The van der Waals surface area contributed by atoms with E-state index in [1.54, 1.807) is 13.1 Å². The largest absolute Gasteiger partial charge is 0.472 e. The van der Waals surface area contributed by atoms with E-state index in [9.17, 15) is 17.2 Å². The lowest BCUT2D eigenvalue weighted by Crippen LogP contribution is -2.24. The fourth-order valence-corrected chi connectivity index (χ4v) is 2.92. The van der Waals surface area contributed by atoms with Gasteiger partial charge in [0.15, 0.2) is 11.6 Å². The van der Waals surface area contributed by atoms with Crippen molar-refractivity contribution < 1.29 is 21.6 Å². The molecule has 0 aliphatic heterocycles. The van der Waals surface area contributed by atoms with Crippen LogP contribution in [0.5, 0.6) is 0 Å². The zero-order valence-electron chi connectivity index (χ0n) is 11.2. The molecule has 2 N–H and O–H groups in total. The Hall–Kier alpha value is -1.77. The molecule has 8 heteroatoms. The first-order valence-corrected chi connectivity index (χ1v) is 7.55. The molecule has 0 fully saturated rings. The smallest absolute Gasteiger partial charge is 0.243 e. The number of halogens is 2. The molecule has 0 saturated heterocycles. The van der Waals surface area contributed by atoms with Crippen molar-refractivity contribution in [2.75, 3.05) is 7.05 Å². The summed E-state index contributed by atoms with van der Waals surface area (Å²) in [5.74, 6) is -2.60. The summed E-state index contributed by atoms with van der Waals surface area (Å²) in [4.78, 5) is -0.712. The van der Waals surface area contributed by atoms with Crippen molar-refractivity contribution in [1.29, 1.82) is 0 Å². The summed E-state index contributed by atoms with van der Waals surface area (Å²) in [6.45, 7) is 0.150. The van der Waals surface area contributed by atoms with E-state index in [0.717, 1.165) is 12.1 Å². The maximum Gasteiger partial charge on any atom is 0.243 e. The van der Waals surface area contributed by atoms with E-state index in [1.807, 2.05) is 0 Å². The fraction of sp³-hybridized carbons (Fsp3) is 0.231. The van der Waals surface area contributed by atoms with Crippen LogP contribution < -0.4 is 10.0 Å². The van der Waals surface area contributed by atoms with Crippen molar-refractivity contribution >= 4 is 10.0 Å². The summed E-state index contributed by atoms with van der Waals surface area (Å²) in [7, 11) is -2.55. The predicted molar refractivity (Wildman–Crippen MR) is 71.9 cm³/mol. The van der Waals surface area contributed by atoms with Crippen LogP contribution >= 0.6 is 0 Å². The van der Waals surface area contributed by atoms with Gasteiger partial charge in [0.2, 0.25) is 10.0 Å². The van der Waals surface area contributed by atoms with E-state index in [4.69, 9.17) is 4.42 Å². The average molecular weight is 316 g/mol. The van der Waals surface area contributed by atoms with Crippen molar-refractivity contribution in [2.24, 2.45) is 0 Å². The molecule has 114 valence electrons. The molecule has 0 bridgehead atoms. The minimum absolute atomic E-state index is 0.0733. The van der Waals surface area contributed by atoms with Gasteiger partial charge in [0, 0.05) is 18.7 Å². The summed E-state index contributed by atoms with van der Waals surface area (Å²) < 4.78 is 58.4. The van der Waals surface area contributed by atoms with Crippen LogP contribution in [0.4, 0.5) is 8.78 Å². The number of hydrogen-bond acceptors (Lipinski definition) is 4. The zero-order valence-corrected chi connectivity index (χ0v) is 12.0. The SMILES string of the molecule is CNCc1cc(F)c(F)c(S(=O)(=O)NCc2ccoc2)c1. The lowest BCUT2D eigenvalue weighted by atomic mass is 10.2. The summed E-state index contributed by atoms with van der Waals surface area (Å²) in [6, 6.07) is 3.63. The third-order valence-electron chi connectivity index (χ3n) is 2.77. The van der Waals surface area contributed by atoms with Crippen LogP contribution in [0.3, 0.4) is 0 Å². The van der Waals surface area contributed by atoms with Crippen LogP contribution in [0.25, 0.3) is 0 Å². The van der Waals surface area contributed by atoms with Gasteiger partial charge in [-0.2, -0.15) is 0 Å². The molecule has 0 saturated carbocycles. The van der Waals surface area contributed by atoms with Crippen molar-refractivity contribution in [2.45, 2.75) is 18.0 Å². The van der Waals surface area contributed by atoms with E-state index in [0.29, 0.717) is 11.1 Å². The summed E-state index contributed by atoms with van der Waals surface area (Å²) in [5.41, 5.74) is 0.908. The van der Waals surface area contributed by atoms with Gasteiger partial charge in [-0.05, 0) is 30.8 Å². The van der Waals surface area contributed by atoms with Gasteiger partial charge in [-0.15, -0.1) is 0 Å². The van der Waals surface area contributed by atoms with Crippen molar-refractivity contribution in [3.8, 4) is 0 Å². The van der Waals surface area contributed by atoms with Crippen LogP contribution in [0.1, 0.15) is 11.1 Å². The second kappa shape index (κ2) is 6.33. The normalized spacial score (nSPS) is 11.8. The lowest BCUT2D eigenvalue weighted by Gasteiger charge is -2.10. The minimum atomic E-state index is -4.16. The van der Waals surface area contributed by atoms with Gasteiger partial charge in [-0.1, -0.05) is 0 Å². The number of sulfonamides is 1. The molecule has 2 rings (SSSR count). The predicted octanol–water partition coefficient (Wildman–Crippen LogP) is 1.76. The third-order valence-corrected chi connectivity index (χ3v) is 4.17. The molecule has 0 radical (unpaired) electrons. The molecule has 0 spiro atoms. The van der Waals surface area contributed by atoms with Gasteiger partial charge in [0.1, 0.15) is 4.90 Å². The highest BCUT2D eigenvalue weighted by Crippen LogP contribution is 2.20. The maximum atomic E-state index is 13.8. The van der Waals surface area contributed by atoms with Gasteiger partial charge in [0.05, 0.1) is 12.5 Å². The Morgan fingerprint density at radius 3 is 2.57 bits per heavy atom. The topological polar surface area (TPSA) is 71.3 Å². The van der Waals surface area contributed by atoms with Gasteiger partial charge in [-0.3, -0.25) is 0 Å². The van der Waals surface area contributed by atoms with Gasteiger partial charge in [-0.25, -0.2) is 21.9 Å². The standard InChI is InChI=1S/C13H14F2N2O3S/c1-16-6-10-4-11(14)13(15)12(5-10)21(18,19)17-7-9-2-3-20-8-9/h2-5,8,16-17H,6-7H2,1H3. The van der Waals surface area contributed by atoms with E-state index in [-0.39, 0.29) is 13.1 Å². The Labute approximate surface area is 121 Å². The van der Waals surface area contributed by atoms with Crippen LogP contribution in [-0.4, -0.2) is 15.5 Å².